The molecular weight excluding hydrogens is 1900 g/mol. The van der Waals surface area contributed by atoms with Crippen molar-refractivity contribution in [3.63, 3.8) is 0 Å². The number of aromatic nitrogens is 4. The van der Waals surface area contributed by atoms with Crippen LogP contribution in [0, 0.1) is 28.6 Å². The van der Waals surface area contributed by atoms with Crippen molar-refractivity contribution in [3.8, 4) is 0 Å². The lowest BCUT2D eigenvalue weighted by Gasteiger charge is -2.30. The number of hydrogen-bond donors (Lipinski definition) is 29. The number of nitrogens with two attached hydrogens (primary N) is 3. The van der Waals surface area contributed by atoms with Crippen molar-refractivity contribution in [1.82, 2.24) is 131 Å². The number of carboxylic acids is 2. The molecule has 0 aliphatic carbocycles. The Morgan fingerprint density at radius 2 is 0.979 bits per heavy atom. The number of guanidine groups is 2. The van der Waals surface area contributed by atoms with Crippen LogP contribution in [0.15, 0.2) is 36.7 Å². The summed E-state index contributed by atoms with van der Waals surface area (Å²) in [4.78, 5) is 313. The van der Waals surface area contributed by atoms with Crippen LogP contribution in [-0.2, 0) is 125 Å². The van der Waals surface area contributed by atoms with Crippen LogP contribution in [-0.4, -0.2) is 323 Å². The first kappa shape index (κ1) is 120. The minimum absolute atomic E-state index is 0.00526. The number of H-pyrrole nitrogens is 1. The molecule has 2 bridgehead atoms. The standard InChI is InChI=1S/C90H142N30O25/c1-15-43(6)69-86(142)109-58(27-29-68(125)126)76(132)99-38-67(124)120-32-20-25-65(120)85(141)116-70(50(13)121)87(143)113-61(34-42(4)5)82(138)107-57(24-19-31-97-90(94)95)78(134)108-59(26-28-66(91)123)79(135)112-62(35-52-37-98-55-22-17-16-21-54(52)55)83(139)111-60(33-41(2)3)80(136)103-45(8)71(127)101-46(9)73(129)106-56(23-18-30-96-89(92)93)77(133)102-47(10)74(130)114-64(84(140)105-49(12)88(144)145)40-119-39-53(117-118-119)36-63(81(137)104-48(11)75(131)115-69)110-72(128)44(7)100-51(14)122/h16-17,21-22,37,39,41-50,56-65,69-70,98,121H,15,18-20,23-36,38,40H2,1-14H3,(H2,91,123)(H,99,132)(H,100,122)(H,101,127)(H,102,133)(H,103,136)(H,104,137)(H,105,140)(H,106,129)(H,107,138)(H,108,134)(H,109,142)(H,110,128)(H,111,139)(H,112,135)(H,113,143)(H,114,130)(H,115,131)(H,116,141)(H,125,126)(H,144,145)(H4,92,93,96)(H4,94,95,97)/t43?,44-,45-,46?,47?,48-,49?,50+,56-,57-,58-,59-,60?,61-,62-,63?,64+,65-,69-,70?/m0/s1. The lowest BCUT2D eigenvalue weighted by atomic mass is 9.97. The predicted molar refractivity (Wildman–Crippen MR) is 517 cm³/mol. The van der Waals surface area contributed by atoms with Crippen molar-refractivity contribution < 1.29 is 121 Å². The zero-order chi connectivity index (χ0) is 109. The molecule has 20 amide bonds. The topological polar surface area (TPSA) is 852 Å². The second kappa shape index (κ2) is 58.4. The summed E-state index contributed by atoms with van der Waals surface area (Å²) in [5.41, 5.74) is 17.6. The number of nitrogens with one attached hydrogen (secondary N) is 23. The smallest absolute Gasteiger partial charge is 0.325 e. The number of aromatic amines is 1. The molecule has 5 rings (SSSR count). The summed E-state index contributed by atoms with van der Waals surface area (Å²) in [5, 5.41) is 105. The highest BCUT2D eigenvalue weighted by molar-refractivity contribution is 6.03. The van der Waals surface area contributed by atoms with Crippen LogP contribution in [0.2, 0.25) is 0 Å². The number of primary amides is 1. The number of benzene rings is 1. The Bertz CT molecular complexity index is 5140. The Labute approximate surface area is 835 Å². The summed E-state index contributed by atoms with van der Waals surface area (Å²) in [6, 6.07) is -22.1. The predicted octanol–water partition coefficient (Wildman–Crippen LogP) is -8.69. The van der Waals surface area contributed by atoms with Crippen LogP contribution in [0.4, 0.5) is 0 Å². The summed E-state index contributed by atoms with van der Waals surface area (Å²) in [6.45, 7) is 17.5. The number of aliphatic carboxylic acids is 2. The maximum atomic E-state index is 15.1. The SMILES string of the molecule is CCC(C)[C@@H]1NC(=O)[C@H](C)NC(=O)C(NC(=O)[C@H](C)NC(C)=O)Cc2cn(nn2)C[C@H](C(=O)NC(C)C(=O)O)NC(=O)C(C)NC(=O)[C@H](CCCNC(=N)N)NC(=O)C(C)NC(=O)[C@H](C)NC(=O)C(CC(C)C)NC(=O)[C@H](Cc2c[nH]c3ccccc23)NC(=O)[C@H](CCC(N)=O)NC(=O)[C@H](CCCNC(=N)N)NC(=O)[C@H](CC(C)C)NC(=O)C([C@@H](C)O)NC(=O)[C@@H]2CCCN2C(=O)CNC(=O)[C@H](CCC(=O)O)NC1=O. The quantitative estimate of drug-likeness (QED) is 0.0174. The molecule has 3 aromatic rings. The fraction of sp³-hybridized carbons (Fsp3) is 0.622. The number of aliphatic hydroxyl groups excluding tert-OH is 1. The first-order chi connectivity index (χ1) is 68.1. The van der Waals surface area contributed by atoms with Gasteiger partial charge in [0.05, 0.1) is 24.9 Å². The molecule has 0 saturated carbocycles. The van der Waals surface area contributed by atoms with Crippen molar-refractivity contribution in [2.75, 3.05) is 26.2 Å². The molecule has 4 heterocycles. The molecule has 1 fully saturated rings. The van der Waals surface area contributed by atoms with Gasteiger partial charge >= 0.3 is 11.9 Å². The number of nitrogens with zero attached hydrogens (tertiary/aromatic N) is 4. The van der Waals surface area contributed by atoms with Crippen LogP contribution in [0.3, 0.4) is 0 Å². The molecule has 2 aromatic heterocycles. The van der Waals surface area contributed by atoms with Gasteiger partial charge in [0.25, 0.3) is 0 Å². The lowest BCUT2D eigenvalue weighted by molar-refractivity contribution is -0.142. The van der Waals surface area contributed by atoms with Crippen LogP contribution in [0.25, 0.3) is 10.9 Å². The van der Waals surface area contributed by atoms with Crippen molar-refractivity contribution in [2.24, 2.45) is 35.0 Å². The lowest BCUT2D eigenvalue weighted by Crippen LogP contribution is -2.61. The number of carbonyl (C=O) groups is 22. The van der Waals surface area contributed by atoms with E-state index in [9.17, 15) is 111 Å². The zero-order valence-corrected chi connectivity index (χ0v) is 83.7. The fourth-order valence-corrected chi connectivity index (χ4v) is 15.3. The highest BCUT2D eigenvalue weighted by Crippen LogP contribution is 2.23. The van der Waals surface area contributed by atoms with Crippen molar-refractivity contribution in [1.29, 1.82) is 10.8 Å². The fourth-order valence-electron chi connectivity index (χ4n) is 15.3. The van der Waals surface area contributed by atoms with Gasteiger partial charge in [0.1, 0.15) is 109 Å². The number of carbonyl (C=O) groups excluding carboxylic acids is 20. The third-order valence-corrected chi connectivity index (χ3v) is 23.6. The third-order valence-electron chi connectivity index (χ3n) is 23.6. The number of amides is 20. The summed E-state index contributed by atoms with van der Waals surface area (Å²) < 4.78 is 0.963. The van der Waals surface area contributed by atoms with Gasteiger partial charge in [-0.15, -0.1) is 5.10 Å². The van der Waals surface area contributed by atoms with E-state index in [1.165, 1.54) is 41.5 Å². The molecule has 7 unspecified atom stereocenters. The van der Waals surface area contributed by atoms with Gasteiger partial charge in [-0.2, -0.15) is 0 Å². The number of rotatable bonds is 29. The molecule has 2 aliphatic rings. The summed E-state index contributed by atoms with van der Waals surface area (Å²) in [5.74, 6) is -25.9. The van der Waals surface area contributed by atoms with Crippen LogP contribution < -0.4 is 124 Å². The van der Waals surface area contributed by atoms with E-state index in [4.69, 9.17) is 28.0 Å². The van der Waals surface area contributed by atoms with Crippen molar-refractivity contribution in [2.45, 2.75) is 315 Å². The zero-order valence-electron chi connectivity index (χ0n) is 83.7. The van der Waals surface area contributed by atoms with E-state index in [0.29, 0.717) is 16.5 Å². The van der Waals surface area contributed by atoms with Crippen LogP contribution in [0.5, 0.6) is 0 Å². The summed E-state index contributed by atoms with van der Waals surface area (Å²) in [7, 11) is 0. The maximum absolute atomic E-state index is 15.1. The monoisotopic (exact) mass is 2040 g/mol. The normalized spacial score (nSPS) is 24.9. The molecule has 20 atom stereocenters. The highest BCUT2D eigenvalue weighted by atomic mass is 16.4. The summed E-state index contributed by atoms with van der Waals surface area (Å²) in [6.07, 6.45) is -3.01. The van der Waals surface area contributed by atoms with Crippen molar-refractivity contribution >= 4 is 153 Å². The van der Waals surface area contributed by atoms with E-state index in [2.05, 4.69) is 122 Å². The van der Waals surface area contributed by atoms with Gasteiger partial charge in [-0.3, -0.25) is 116 Å². The minimum atomic E-state index is -1.88. The van der Waals surface area contributed by atoms with Crippen LogP contribution in [0.1, 0.15) is 192 Å². The number of hydrogen-bond acceptors (Lipinski definition) is 27. The minimum Gasteiger partial charge on any atom is -0.481 e. The maximum Gasteiger partial charge on any atom is 0.325 e. The summed E-state index contributed by atoms with van der Waals surface area (Å²) >= 11 is 0. The van der Waals surface area contributed by atoms with E-state index in [1.807, 2.05) is 0 Å². The molecular formula is C90H142N30O25. The first-order valence-electron chi connectivity index (χ1n) is 47.8. The number of fused-ring (bicyclic) bond motifs is 4. The Hall–Kier alpha value is -15.3. The molecule has 55 nitrogen and oxygen atoms in total. The van der Waals surface area contributed by atoms with Gasteiger partial charge in [-0.25, -0.2) is 4.68 Å². The number of aliphatic hydroxyl groups is 1. The van der Waals surface area contributed by atoms with Gasteiger partial charge in [-0.1, -0.05) is 71.4 Å². The Morgan fingerprint density at radius 1 is 0.524 bits per heavy atom. The number of carboxylic acid groups (broad SMARTS) is 2. The van der Waals surface area contributed by atoms with E-state index < -0.39 is 314 Å². The molecule has 145 heavy (non-hydrogen) atoms. The van der Waals surface area contributed by atoms with Gasteiger partial charge in [0.15, 0.2) is 11.9 Å². The average molecular weight is 2040 g/mol. The van der Waals surface area contributed by atoms with E-state index in [0.717, 1.165) is 36.5 Å². The van der Waals surface area contributed by atoms with E-state index in [-0.39, 0.29) is 95.5 Å². The molecule has 0 radical (unpaired) electrons. The number of para-hydroxylation sites is 1. The molecule has 32 N–H and O–H groups in total. The molecule has 802 valence electrons. The molecule has 1 saturated heterocycles. The second-order valence-corrected chi connectivity index (χ2v) is 36.9. The second-order valence-electron chi connectivity index (χ2n) is 36.9. The van der Waals surface area contributed by atoms with Gasteiger partial charge < -0.3 is 149 Å². The van der Waals surface area contributed by atoms with Crippen molar-refractivity contribution in [3.05, 3.63) is 47.9 Å². The van der Waals surface area contributed by atoms with E-state index >= 15 is 9.59 Å². The Morgan fingerprint density at radius 3 is 1.52 bits per heavy atom. The molecule has 55 heteroatoms. The first-order valence-corrected chi connectivity index (χ1v) is 47.8. The van der Waals surface area contributed by atoms with Gasteiger partial charge in [0, 0.05) is 75.5 Å². The highest BCUT2D eigenvalue weighted by Gasteiger charge is 2.43. The average Bonchev–Trinajstić information content (AvgIpc) is 1.68. The Balaban J connectivity index is 1.61. The van der Waals surface area contributed by atoms with E-state index in [1.54, 1.807) is 65.1 Å². The van der Waals surface area contributed by atoms with Gasteiger partial charge in [-0.05, 0) is 142 Å². The Kier molecular flexibility index (Phi) is 48.4. The molecule has 2 aliphatic heterocycles. The molecule has 1 aromatic carbocycles. The largest absolute Gasteiger partial charge is 0.481 e. The third kappa shape index (κ3) is 40.2. The van der Waals surface area contributed by atoms with Gasteiger partial charge in [0.2, 0.25) is 118 Å². The molecule has 0 spiro atoms. The van der Waals surface area contributed by atoms with Crippen LogP contribution >= 0.6 is 0 Å².